The molecule has 0 aliphatic rings. The Morgan fingerprint density at radius 3 is 2.22 bits per heavy atom. The first kappa shape index (κ1) is 17.8. The Kier molecular flexibility index (Phi) is 7.99. The smallest absolute Gasteiger partial charge is 0.312 e. The van der Waals surface area contributed by atoms with E-state index in [4.69, 9.17) is 44.3 Å². The second-order valence-electron chi connectivity index (χ2n) is 3.88. The molecule has 0 bridgehead atoms. The number of rotatable bonds is 6. The van der Waals surface area contributed by atoms with Crippen LogP contribution in [0.4, 0.5) is 0 Å². The summed E-state index contributed by atoms with van der Waals surface area (Å²) in [5.74, 6) is -2.03. The molecule has 0 aromatic carbocycles. The van der Waals surface area contributed by atoms with Crippen molar-refractivity contribution in [1.82, 2.24) is 0 Å². The lowest BCUT2D eigenvalue weighted by atomic mass is 10.1. The summed E-state index contributed by atoms with van der Waals surface area (Å²) < 4.78 is 7.98. The van der Waals surface area contributed by atoms with E-state index < -0.39 is 27.8 Å². The Labute approximate surface area is 122 Å². The van der Waals surface area contributed by atoms with Crippen molar-refractivity contribution in [1.29, 1.82) is 0 Å². The van der Waals surface area contributed by atoms with E-state index in [2.05, 4.69) is 0 Å². The van der Waals surface area contributed by atoms with Crippen LogP contribution in [0.3, 0.4) is 0 Å². The van der Waals surface area contributed by atoms with Gasteiger partial charge >= 0.3 is 11.9 Å². The van der Waals surface area contributed by atoms with Gasteiger partial charge in [0, 0.05) is 6.92 Å². The minimum atomic E-state index is -1.88. The van der Waals surface area contributed by atoms with Crippen LogP contribution in [0.2, 0.25) is 0 Å². The lowest BCUT2D eigenvalue weighted by Crippen LogP contribution is -2.40. The molecular formula is C11H17Cl3O4. The Morgan fingerprint density at radius 1 is 1.28 bits per heavy atom. The second kappa shape index (κ2) is 8.08. The van der Waals surface area contributed by atoms with Gasteiger partial charge in [0.2, 0.25) is 3.79 Å². The Hall–Kier alpha value is -0.190. The maximum atomic E-state index is 11.7. The first-order chi connectivity index (χ1) is 8.20. The van der Waals surface area contributed by atoms with Gasteiger partial charge in [0.15, 0.2) is 6.10 Å². The van der Waals surface area contributed by atoms with Crippen LogP contribution in [0, 0.1) is 5.92 Å². The van der Waals surface area contributed by atoms with Crippen LogP contribution < -0.4 is 0 Å². The number of hydrogen-bond donors (Lipinski definition) is 0. The molecule has 2 atom stereocenters. The third-order valence-electron chi connectivity index (χ3n) is 2.18. The van der Waals surface area contributed by atoms with Crippen molar-refractivity contribution in [3.05, 3.63) is 0 Å². The van der Waals surface area contributed by atoms with E-state index in [0.717, 1.165) is 12.8 Å². The van der Waals surface area contributed by atoms with Crippen LogP contribution in [-0.2, 0) is 19.1 Å². The van der Waals surface area contributed by atoms with Crippen LogP contribution in [0.1, 0.15) is 33.6 Å². The topological polar surface area (TPSA) is 52.6 Å². The molecule has 0 aromatic heterocycles. The molecule has 18 heavy (non-hydrogen) atoms. The summed E-state index contributed by atoms with van der Waals surface area (Å²) in [7, 11) is 0. The van der Waals surface area contributed by atoms with Gasteiger partial charge in [0.1, 0.15) is 0 Å². The monoisotopic (exact) mass is 318 g/mol. The summed E-state index contributed by atoms with van der Waals surface area (Å²) >= 11 is 17.1. The highest BCUT2D eigenvalue weighted by Gasteiger charge is 2.43. The predicted octanol–water partition coefficient (Wildman–Crippen LogP) is 3.27. The second-order valence-corrected chi connectivity index (χ2v) is 6.25. The van der Waals surface area contributed by atoms with Crippen molar-refractivity contribution >= 4 is 46.7 Å². The summed E-state index contributed by atoms with van der Waals surface area (Å²) in [6.45, 7) is 4.94. The van der Waals surface area contributed by atoms with Crippen LogP contribution >= 0.6 is 34.8 Å². The molecule has 0 fully saturated rings. The van der Waals surface area contributed by atoms with Gasteiger partial charge in [0.25, 0.3) is 0 Å². The standard InChI is InChI=1S/C11H17Cl3O4/c1-4-5-6-17-10(16)7(2)9(11(12,13)14)18-8(3)15/h7,9H,4-6H2,1-3H3. The van der Waals surface area contributed by atoms with Crippen molar-refractivity contribution in [2.24, 2.45) is 5.92 Å². The molecule has 0 aromatic rings. The molecule has 0 aliphatic heterocycles. The van der Waals surface area contributed by atoms with Gasteiger partial charge in [-0.05, 0) is 13.3 Å². The quantitative estimate of drug-likeness (QED) is 0.428. The average Bonchev–Trinajstić information content (AvgIpc) is 2.23. The minimum Gasteiger partial charge on any atom is -0.465 e. The number of ether oxygens (including phenoxy) is 2. The molecule has 7 heteroatoms. The third kappa shape index (κ3) is 6.66. The molecule has 106 valence electrons. The Bertz CT molecular complexity index is 289. The predicted molar refractivity (Wildman–Crippen MR) is 70.9 cm³/mol. The van der Waals surface area contributed by atoms with Crippen LogP contribution in [0.15, 0.2) is 0 Å². The number of halogens is 3. The fourth-order valence-electron chi connectivity index (χ4n) is 1.20. The largest absolute Gasteiger partial charge is 0.465 e. The molecular weight excluding hydrogens is 302 g/mol. The Balaban J connectivity index is 4.59. The number of carbonyl (C=O) groups is 2. The molecule has 0 amide bonds. The molecule has 0 radical (unpaired) electrons. The minimum absolute atomic E-state index is 0.298. The van der Waals surface area contributed by atoms with Crippen LogP contribution in [0.5, 0.6) is 0 Å². The highest BCUT2D eigenvalue weighted by Crippen LogP contribution is 2.36. The molecule has 0 rings (SSSR count). The van der Waals surface area contributed by atoms with E-state index >= 15 is 0 Å². The van der Waals surface area contributed by atoms with E-state index in [-0.39, 0.29) is 0 Å². The zero-order valence-corrected chi connectivity index (χ0v) is 12.8. The number of carbonyl (C=O) groups excluding carboxylic acids is 2. The molecule has 0 saturated heterocycles. The zero-order valence-electron chi connectivity index (χ0n) is 10.5. The first-order valence-electron chi connectivity index (χ1n) is 5.60. The van der Waals surface area contributed by atoms with Gasteiger partial charge < -0.3 is 9.47 Å². The molecule has 2 unspecified atom stereocenters. The van der Waals surface area contributed by atoms with Gasteiger partial charge in [0.05, 0.1) is 12.5 Å². The molecule has 0 aliphatic carbocycles. The van der Waals surface area contributed by atoms with Crippen molar-refractivity contribution in [3.63, 3.8) is 0 Å². The maximum Gasteiger partial charge on any atom is 0.312 e. The fraction of sp³-hybridized carbons (Fsp3) is 0.818. The number of hydrogen-bond acceptors (Lipinski definition) is 4. The van der Waals surface area contributed by atoms with Crippen LogP contribution in [0.25, 0.3) is 0 Å². The van der Waals surface area contributed by atoms with Gasteiger partial charge in [-0.1, -0.05) is 48.1 Å². The molecule has 0 N–H and O–H groups in total. The van der Waals surface area contributed by atoms with E-state index in [1.54, 1.807) is 0 Å². The Morgan fingerprint density at radius 2 is 1.83 bits per heavy atom. The average molecular weight is 320 g/mol. The number of alkyl halides is 3. The van der Waals surface area contributed by atoms with E-state index in [9.17, 15) is 9.59 Å². The number of esters is 2. The zero-order chi connectivity index (χ0) is 14.3. The van der Waals surface area contributed by atoms with Crippen molar-refractivity contribution in [2.75, 3.05) is 6.61 Å². The molecule has 0 saturated carbocycles. The fourth-order valence-corrected chi connectivity index (χ4v) is 1.90. The normalized spacial score (nSPS) is 14.8. The first-order valence-corrected chi connectivity index (χ1v) is 6.74. The summed E-state index contributed by atoms with van der Waals surface area (Å²) in [6.07, 6.45) is 0.485. The van der Waals surface area contributed by atoms with Gasteiger partial charge in [-0.3, -0.25) is 9.59 Å². The summed E-state index contributed by atoms with van der Waals surface area (Å²) in [5.41, 5.74) is 0. The van der Waals surface area contributed by atoms with E-state index in [1.165, 1.54) is 13.8 Å². The van der Waals surface area contributed by atoms with Gasteiger partial charge in [-0.2, -0.15) is 0 Å². The van der Waals surface area contributed by atoms with E-state index in [0.29, 0.717) is 6.61 Å². The third-order valence-corrected chi connectivity index (χ3v) is 2.83. The SMILES string of the molecule is CCCCOC(=O)C(C)C(OC(C)=O)C(Cl)(Cl)Cl. The van der Waals surface area contributed by atoms with Crippen molar-refractivity contribution in [3.8, 4) is 0 Å². The van der Waals surface area contributed by atoms with Gasteiger partial charge in [-0.25, -0.2) is 0 Å². The summed E-state index contributed by atoms with van der Waals surface area (Å²) in [4.78, 5) is 22.6. The highest BCUT2D eigenvalue weighted by atomic mass is 35.6. The molecule has 0 spiro atoms. The highest BCUT2D eigenvalue weighted by molar-refractivity contribution is 6.68. The van der Waals surface area contributed by atoms with Crippen molar-refractivity contribution in [2.45, 2.75) is 43.5 Å². The molecule has 4 nitrogen and oxygen atoms in total. The lowest BCUT2D eigenvalue weighted by Gasteiger charge is -2.27. The maximum absolute atomic E-state index is 11.7. The summed E-state index contributed by atoms with van der Waals surface area (Å²) in [5, 5.41) is 0. The summed E-state index contributed by atoms with van der Waals surface area (Å²) in [6, 6.07) is 0. The lowest BCUT2D eigenvalue weighted by molar-refractivity contribution is -0.159. The van der Waals surface area contributed by atoms with Crippen LogP contribution in [-0.4, -0.2) is 28.4 Å². The number of unbranched alkanes of at least 4 members (excludes halogenated alkanes) is 1. The van der Waals surface area contributed by atoms with Gasteiger partial charge in [-0.15, -0.1) is 0 Å². The van der Waals surface area contributed by atoms with Crippen molar-refractivity contribution < 1.29 is 19.1 Å². The van der Waals surface area contributed by atoms with E-state index in [1.807, 2.05) is 6.92 Å². The molecule has 0 heterocycles.